The van der Waals surface area contributed by atoms with Crippen LogP contribution in [0.3, 0.4) is 0 Å². The van der Waals surface area contributed by atoms with Crippen molar-refractivity contribution in [1.29, 1.82) is 0 Å². The quantitative estimate of drug-likeness (QED) is 0.596. The molecule has 0 aliphatic carbocycles. The summed E-state index contributed by atoms with van der Waals surface area (Å²) in [6.45, 7) is 0. The Morgan fingerprint density at radius 3 is 2.56 bits per heavy atom. The molecule has 0 aliphatic rings. The van der Waals surface area contributed by atoms with E-state index in [2.05, 4.69) is 10.3 Å². The molecule has 3 N–H and O–H groups in total. The molecule has 7 heteroatoms. The monoisotopic (exact) mass is 251 g/mol. The summed E-state index contributed by atoms with van der Waals surface area (Å²) in [5.74, 6) is -0.104. The number of rotatable bonds is 1. The summed E-state index contributed by atoms with van der Waals surface area (Å²) < 4.78 is 37.8. The Hall–Kier alpha value is -1.43. The molecule has 88 valence electrons. The van der Waals surface area contributed by atoms with Crippen LogP contribution in [0.25, 0.3) is 0 Å². The molecular weight excluding hydrogens is 243 g/mol. The molecular formula is C9H9ClF3N3. The highest BCUT2D eigenvalue weighted by Gasteiger charge is 2.33. The van der Waals surface area contributed by atoms with Crippen LogP contribution in [0, 0.1) is 0 Å². The van der Waals surface area contributed by atoms with Crippen molar-refractivity contribution in [3.63, 3.8) is 0 Å². The Balaban J connectivity index is 3.18. The predicted molar refractivity (Wildman–Crippen MR) is 57.6 cm³/mol. The molecule has 0 radical (unpaired) electrons. The number of nitrogens with one attached hydrogen (secondary N) is 1. The van der Waals surface area contributed by atoms with Crippen LogP contribution >= 0.6 is 11.6 Å². The zero-order chi connectivity index (χ0) is 12.3. The van der Waals surface area contributed by atoms with Gasteiger partial charge in [0, 0.05) is 12.1 Å². The maximum absolute atomic E-state index is 12.6. The highest BCUT2D eigenvalue weighted by molar-refractivity contribution is 6.30. The number of aliphatic imine (C=N–C) groups is 1. The summed E-state index contributed by atoms with van der Waals surface area (Å²) in [6, 6.07) is 3.36. The minimum Gasteiger partial charge on any atom is -0.370 e. The summed E-state index contributed by atoms with van der Waals surface area (Å²) in [5, 5.41) is 2.35. The van der Waals surface area contributed by atoms with E-state index in [1.165, 1.54) is 19.2 Å². The zero-order valence-electron chi connectivity index (χ0n) is 8.27. The van der Waals surface area contributed by atoms with E-state index in [9.17, 15) is 13.2 Å². The first-order valence-corrected chi connectivity index (χ1v) is 4.58. The highest BCUT2D eigenvalue weighted by Crippen LogP contribution is 2.36. The van der Waals surface area contributed by atoms with Crippen molar-refractivity contribution in [3.8, 4) is 0 Å². The molecule has 0 bridgehead atoms. The predicted octanol–water partition coefficient (Wildman–Crippen LogP) is 2.72. The Bertz CT molecular complexity index is 415. The van der Waals surface area contributed by atoms with Gasteiger partial charge in [-0.15, -0.1) is 0 Å². The standard InChI is InChI=1S/C9H9ClF3N3/c1-15-8(14)16-7-3-2-5(10)4-6(7)9(11,12)13/h2-4H,1H3,(H3,14,15,16). The summed E-state index contributed by atoms with van der Waals surface area (Å²) >= 11 is 5.50. The number of hydrogen-bond acceptors (Lipinski definition) is 1. The fourth-order valence-corrected chi connectivity index (χ4v) is 1.23. The number of guanidine groups is 1. The lowest BCUT2D eigenvalue weighted by Crippen LogP contribution is -2.24. The second-order valence-electron chi connectivity index (χ2n) is 2.92. The molecule has 1 aromatic carbocycles. The second kappa shape index (κ2) is 4.61. The number of halogens is 4. The van der Waals surface area contributed by atoms with Crippen LogP contribution in [0.15, 0.2) is 23.2 Å². The van der Waals surface area contributed by atoms with E-state index in [-0.39, 0.29) is 16.7 Å². The molecule has 3 nitrogen and oxygen atoms in total. The molecule has 0 fully saturated rings. The van der Waals surface area contributed by atoms with Gasteiger partial charge in [0.05, 0.1) is 11.3 Å². The first-order chi connectivity index (χ1) is 7.34. The topological polar surface area (TPSA) is 50.4 Å². The average molecular weight is 252 g/mol. The number of anilines is 1. The smallest absolute Gasteiger partial charge is 0.370 e. The van der Waals surface area contributed by atoms with Gasteiger partial charge in [-0.25, -0.2) is 0 Å². The molecule has 0 atom stereocenters. The van der Waals surface area contributed by atoms with Crippen LogP contribution in [0.5, 0.6) is 0 Å². The van der Waals surface area contributed by atoms with Gasteiger partial charge in [0.15, 0.2) is 5.96 Å². The van der Waals surface area contributed by atoms with Crippen molar-refractivity contribution in [2.45, 2.75) is 6.18 Å². The van der Waals surface area contributed by atoms with Crippen LogP contribution in [0.4, 0.5) is 18.9 Å². The molecule has 0 heterocycles. The van der Waals surface area contributed by atoms with Crippen LogP contribution in [-0.2, 0) is 6.18 Å². The fraction of sp³-hybridized carbons (Fsp3) is 0.222. The molecule has 0 aliphatic heterocycles. The number of nitrogens with zero attached hydrogens (tertiary/aromatic N) is 1. The number of alkyl halides is 3. The lowest BCUT2D eigenvalue weighted by atomic mass is 10.1. The first-order valence-electron chi connectivity index (χ1n) is 4.20. The minimum absolute atomic E-state index is 0.00452. The average Bonchev–Trinajstić information content (AvgIpc) is 2.19. The van der Waals surface area contributed by atoms with Gasteiger partial charge in [-0.3, -0.25) is 4.99 Å². The van der Waals surface area contributed by atoms with Crippen molar-refractivity contribution >= 4 is 23.2 Å². The highest BCUT2D eigenvalue weighted by atomic mass is 35.5. The van der Waals surface area contributed by atoms with Gasteiger partial charge in [0.2, 0.25) is 0 Å². The van der Waals surface area contributed by atoms with Gasteiger partial charge < -0.3 is 11.1 Å². The summed E-state index contributed by atoms with van der Waals surface area (Å²) in [5.41, 5.74) is 4.23. The molecule has 16 heavy (non-hydrogen) atoms. The minimum atomic E-state index is -4.50. The summed E-state index contributed by atoms with van der Waals surface area (Å²) in [6.07, 6.45) is -4.50. The number of hydrogen-bond donors (Lipinski definition) is 2. The third-order valence-electron chi connectivity index (χ3n) is 1.79. The molecule has 0 spiro atoms. The van der Waals surface area contributed by atoms with E-state index >= 15 is 0 Å². The van der Waals surface area contributed by atoms with Crippen LogP contribution in [0.2, 0.25) is 5.02 Å². The zero-order valence-corrected chi connectivity index (χ0v) is 9.02. The van der Waals surface area contributed by atoms with E-state index in [1.54, 1.807) is 0 Å². The van der Waals surface area contributed by atoms with Gasteiger partial charge >= 0.3 is 6.18 Å². The van der Waals surface area contributed by atoms with Crippen molar-refractivity contribution in [2.24, 2.45) is 10.7 Å². The van der Waals surface area contributed by atoms with E-state index in [0.717, 1.165) is 6.07 Å². The lowest BCUT2D eigenvalue weighted by molar-refractivity contribution is -0.136. The lowest BCUT2D eigenvalue weighted by Gasteiger charge is -2.14. The largest absolute Gasteiger partial charge is 0.418 e. The molecule has 1 rings (SSSR count). The third kappa shape index (κ3) is 3.03. The van der Waals surface area contributed by atoms with E-state index in [4.69, 9.17) is 17.3 Å². The second-order valence-corrected chi connectivity index (χ2v) is 3.36. The summed E-state index contributed by atoms with van der Waals surface area (Å²) in [7, 11) is 1.37. The van der Waals surface area contributed by atoms with Crippen LogP contribution < -0.4 is 11.1 Å². The van der Waals surface area contributed by atoms with E-state index in [1.807, 2.05) is 0 Å². The maximum Gasteiger partial charge on any atom is 0.418 e. The Morgan fingerprint density at radius 1 is 1.44 bits per heavy atom. The van der Waals surface area contributed by atoms with Crippen molar-refractivity contribution in [2.75, 3.05) is 12.4 Å². The Morgan fingerprint density at radius 2 is 2.06 bits per heavy atom. The number of nitrogens with two attached hydrogens (primary N) is 1. The Kier molecular flexibility index (Phi) is 3.64. The Labute approximate surface area is 95.1 Å². The SMILES string of the molecule is CN=C(N)Nc1ccc(Cl)cc1C(F)(F)F. The molecule has 1 aromatic rings. The molecule has 0 aromatic heterocycles. The molecule has 0 saturated heterocycles. The normalized spacial score (nSPS) is 12.7. The van der Waals surface area contributed by atoms with Gasteiger partial charge in [0.25, 0.3) is 0 Å². The molecule has 0 unspecified atom stereocenters. The van der Waals surface area contributed by atoms with Gasteiger partial charge in [-0.05, 0) is 18.2 Å². The van der Waals surface area contributed by atoms with Gasteiger partial charge in [-0.2, -0.15) is 13.2 Å². The van der Waals surface area contributed by atoms with Gasteiger partial charge in [-0.1, -0.05) is 11.6 Å². The van der Waals surface area contributed by atoms with E-state index < -0.39 is 11.7 Å². The van der Waals surface area contributed by atoms with Crippen LogP contribution in [-0.4, -0.2) is 13.0 Å². The first kappa shape index (κ1) is 12.6. The van der Waals surface area contributed by atoms with Gasteiger partial charge in [0.1, 0.15) is 0 Å². The fourth-order valence-electron chi connectivity index (χ4n) is 1.05. The summed E-state index contributed by atoms with van der Waals surface area (Å²) in [4.78, 5) is 3.51. The third-order valence-corrected chi connectivity index (χ3v) is 2.03. The molecule has 0 saturated carbocycles. The molecule has 0 amide bonds. The maximum atomic E-state index is 12.6. The van der Waals surface area contributed by atoms with Crippen molar-refractivity contribution < 1.29 is 13.2 Å². The number of benzene rings is 1. The van der Waals surface area contributed by atoms with Crippen LogP contribution in [0.1, 0.15) is 5.56 Å². The van der Waals surface area contributed by atoms with Crippen molar-refractivity contribution in [1.82, 2.24) is 0 Å². The van der Waals surface area contributed by atoms with Crippen molar-refractivity contribution in [3.05, 3.63) is 28.8 Å². The van der Waals surface area contributed by atoms with E-state index in [0.29, 0.717) is 0 Å².